The molecular formula is C15H14Cl2O2S. The molecule has 0 N–H and O–H groups in total. The Balaban J connectivity index is 2.15. The van der Waals surface area contributed by atoms with Gasteiger partial charge < -0.3 is 4.74 Å². The molecule has 1 unspecified atom stereocenters. The largest absolute Gasteiger partial charge is 0.497 e. The maximum Gasteiger partial charge on any atom is 0.134 e. The number of ether oxygens (including phenoxy) is 1. The maximum atomic E-state index is 12.4. The minimum absolute atomic E-state index is 0.513. The van der Waals surface area contributed by atoms with Gasteiger partial charge in [0, 0.05) is 4.90 Å². The SMILES string of the molecule is COc1ccc(S(=O)[C@H](Cl)[C@H](Cl)c2ccccc2)cc1. The standard InChI is InChI=1S/C15H14Cl2O2S/c1-19-12-7-9-13(10-8-12)20(18)15(17)14(16)11-5-3-2-4-6-11/h2-10,14-15H,1H3/t14-,15+,20?/m1/s1. The lowest BCUT2D eigenvalue weighted by Gasteiger charge is -2.16. The molecule has 0 aliphatic carbocycles. The number of hydrogen-bond donors (Lipinski definition) is 0. The number of halogens is 2. The molecular weight excluding hydrogens is 315 g/mol. The van der Waals surface area contributed by atoms with Gasteiger partial charge in [0.1, 0.15) is 10.5 Å². The van der Waals surface area contributed by atoms with Crippen LogP contribution in [0.25, 0.3) is 0 Å². The van der Waals surface area contributed by atoms with Crippen LogP contribution >= 0.6 is 23.2 Å². The van der Waals surface area contributed by atoms with Crippen LogP contribution in [0.15, 0.2) is 59.5 Å². The van der Waals surface area contributed by atoms with E-state index in [0.717, 1.165) is 5.56 Å². The summed E-state index contributed by atoms with van der Waals surface area (Å²) in [5, 5.41) is -0.513. The summed E-state index contributed by atoms with van der Waals surface area (Å²) in [6.45, 7) is 0. The van der Waals surface area contributed by atoms with Gasteiger partial charge in [0.15, 0.2) is 0 Å². The molecule has 2 rings (SSSR count). The lowest BCUT2D eigenvalue weighted by atomic mass is 10.2. The molecule has 20 heavy (non-hydrogen) atoms. The lowest BCUT2D eigenvalue weighted by Crippen LogP contribution is -2.14. The Hall–Kier alpha value is -1.03. The van der Waals surface area contributed by atoms with E-state index in [2.05, 4.69) is 0 Å². The van der Waals surface area contributed by atoms with E-state index < -0.39 is 20.9 Å². The normalized spacial score (nSPS) is 15.3. The van der Waals surface area contributed by atoms with Crippen LogP contribution in [0.4, 0.5) is 0 Å². The van der Waals surface area contributed by atoms with Crippen LogP contribution in [-0.2, 0) is 10.8 Å². The maximum absolute atomic E-state index is 12.4. The minimum Gasteiger partial charge on any atom is -0.497 e. The van der Waals surface area contributed by atoms with Crippen molar-refractivity contribution in [3.05, 3.63) is 60.2 Å². The highest BCUT2D eigenvalue weighted by Crippen LogP contribution is 2.32. The Morgan fingerprint density at radius 1 is 1.00 bits per heavy atom. The highest BCUT2D eigenvalue weighted by molar-refractivity contribution is 7.87. The minimum atomic E-state index is -1.39. The first-order valence-corrected chi connectivity index (χ1v) is 8.10. The molecule has 0 bridgehead atoms. The molecule has 0 saturated carbocycles. The topological polar surface area (TPSA) is 26.3 Å². The molecule has 2 aromatic carbocycles. The van der Waals surface area contributed by atoms with Gasteiger partial charge in [0.25, 0.3) is 0 Å². The molecule has 3 atom stereocenters. The third kappa shape index (κ3) is 3.54. The Kier molecular flexibility index (Phi) is 5.46. The van der Waals surface area contributed by atoms with Gasteiger partial charge >= 0.3 is 0 Å². The van der Waals surface area contributed by atoms with Crippen LogP contribution in [0.1, 0.15) is 10.9 Å². The molecule has 0 spiro atoms. The van der Waals surface area contributed by atoms with E-state index in [1.54, 1.807) is 31.4 Å². The summed E-state index contributed by atoms with van der Waals surface area (Å²) in [5.41, 5.74) is 0.857. The average molecular weight is 329 g/mol. The third-order valence-electron chi connectivity index (χ3n) is 2.84. The van der Waals surface area contributed by atoms with Crippen LogP contribution < -0.4 is 4.74 Å². The summed E-state index contributed by atoms with van der Waals surface area (Å²) in [6, 6.07) is 16.4. The van der Waals surface area contributed by atoms with Crippen molar-refractivity contribution in [1.82, 2.24) is 0 Å². The second-order valence-corrected chi connectivity index (χ2v) is 6.91. The molecule has 106 valence electrons. The quantitative estimate of drug-likeness (QED) is 0.763. The third-order valence-corrected chi connectivity index (χ3v) is 5.78. The monoisotopic (exact) mass is 328 g/mol. The van der Waals surface area contributed by atoms with Crippen LogP contribution in [0, 0.1) is 0 Å². The molecule has 0 aromatic heterocycles. The van der Waals surface area contributed by atoms with E-state index in [1.165, 1.54) is 0 Å². The van der Waals surface area contributed by atoms with Crippen molar-refractivity contribution in [1.29, 1.82) is 0 Å². The van der Waals surface area contributed by atoms with Crippen molar-refractivity contribution in [2.24, 2.45) is 0 Å². The summed E-state index contributed by atoms with van der Waals surface area (Å²) >= 11 is 12.6. The van der Waals surface area contributed by atoms with E-state index in [-0.39, 0.29) is 0 Å². The number of benzene rings is 2. The summed E-state index contributed by atoms with van der Waals surface area (Å²) in [4.78, 5) is 0.632. The summed E-state index contributed by atoms with van der Waals surface area (Å²) in [6.07, 6.45) is 0. The number of alkyl halides is 2. The van der Waals surface area contributed by atoms with E-state index in [1.807, 2.05) is 30.3 Å². The first-order valence-electron chi connectivity index (χ1n) is 6.01. The first-order chi connectivity index (χ1) is 9.63. The van der Waals surface area contributed by atoms with Crippen molar-refractivity contribution < 1.29 is 8.95 Å². The zero-order valence-electron chi connectivity index (χ0n) is 10.8. The molecule has 2 aromatic rings. The van der Waals surface area contributed by atoms with Crippen LogP contribution in [-0.4, -0.2) is 16.0 Å². The van der Waals surface area contributed by atoms with Gasteiger partial charge in [-0.3, -0.25) is 4.21 Å². The van der Waals surface area contributed by atoms with Crippen molar-refractivity contribution in [3.8, 4) is 5.75 Å². The molecule has 0 radical (unpaired) electrons. The predicted molar refractivity (Wildman–Crippen MR) is 84.1 cm³/mol. The second-order valence-electron chi connectivity index (χ2n) is 4.14. The van der Waals surface area contributed by atoms with Crippen molar-refractivity contribution in [3.63, 3.8) is 0 Å². The fraction of sp³-hybridized carbons (Fsp3) is 0.200. The summed E-state index contributed by atoms with van der Waals surface area (Å²) < 4.78 is 16.8. The van der Waals surface area contributed by atoms with E-state index in [9.17, 15) is 4.21 Å². The van der Waals surface area contributed by atoms with Gasteiger partial charge in [-0.1, -0.05) is 30.3 Å². The average Bonchev–Trinajstić information content (AvgIpc) is 2.53. The molecule has 0 heterocycles. The van der Waals surface area contributed by atoms with Crippen molar-refractivity contribution in [2.75, 3.05) is 7.11 Å². The van der Waals surface area contributed by atoms with E-state index in [0.29, 0.717) is 10.6 Å². The summed E-state index contributed by atoms with van der Waals surface area (Å²) in [7, 11) is 0.193. The molecule has 0 aliphatic heterocycles. The van der Waals surface area contributed by atoms with Gasteiger partial charge in [0.05, 0.1) is 23.3 Å². The fourth-order valence-electron chi connectivity index (χ4n) is 1.74. The molecule has 0 fully saturated rings. The highest BCUT2D eigenvalue weighted by atomic mass is 35.5. The molecule has 2 nitrogen and oxygen atoms in total. The molecule has 0 aliphatic rings. The van der Waals surface area contributed by atoms with E-state index >= 15 is 0 Å². The smallest absolute Gasteiger partial charge is 0.134 e. The van der Waals surface area contributed by atoms with E-state index in [4.69, 9.17) is 27.9 Å². The predicted octanol–water partition coefficient (Wildman–Crippen LogP) is 4.35. The first kappa shape index (κ1) is 15.4. The number of methoxy groups -OCH3 is 1. The highest BCUT2D eigenvalue weighted by Gasteiger charge is 2.25. The summed E-state index contributed by atoms with van der Waals surface area (Å²) in [5.74, 6) is 0.711. The van der Waals surface area contributed by atoms with Gasteiger partial charge in [-0.05, 0) is 29.8 Å². The van der Waals surface area contributed by atoms with Gasteiger partial charge in [-0.25, -0.2) is 0 Å². The fourth-order valence-corrected chi connectivity index (χ4v) is 3.65. The number of rotatable bonds is 5. The Morgan fingerprint density at radius 2 is 1.60 bits per heavy atom. The van der Waals surface area contributed by atoms with Crippen molar-refractivity contribution >= 4 is 34.0 Å². The Morgan fingerprint density at radius 3 is 2.15 bits per heavy atom. The lowest BCUT2D eigenvalue weighted by molar-refractivity contribution is 0.414. The molecule has 0 amide bonds. The zero-order valence-corrected chi connectivity index (χ0v) is 13.2. The Bertz CT molecular complexity index is 572. The van der Waals surface area contributed by atoms with Crippen LogP contribution in [0.2, 0.25) is 0 Å². The second kappa shape index (κ2) is 7.11. The Labute approximate surface area is 131 Å². The number of hydrogen-bond acceptors (Lipinski definition) is 2. The zero-order chi connectivity index (χ0) is 14.5. The van der Waals surface area contributed by atoms with Gasteiger partial charge in [-0.15, -0.1) is 23.2 Å². The van der Waals surface area contributed by atoms with Gasteiger partial charge in [-0.2, -0.15) is 0 Å². The van der Waals surface area contributed by atoms with Gasteiger partial charge in [0.2, 0.25) is 0 Å². The van der Waals surface area contributed by atoms with Crippen molar-refractivity contribution in [2.45, 2.75) is 15.0 Å². The van der Waals surface area contributed by atoms with Crippen LogP contribution in [0.5, 0.6) is 5.75 Å². The van der Waals surface area contributed by atoms with Crippen LogP contribution in [0.3, 0.4) is 0 Å². The molecule has 5 heteroatoms. The molecule has 0 saturated heterocycles.